The Bertz CT molecular complexity index is 710. The quantitative estimate of drug-likeness (QED) is 0.911. The molecule has 1 aliphatic heterocycles. The first kappa shape index (κ1) is 15.6. The lowest BCUT2D eigenvalue weighted by molar-refractivity contribution is 0.0765. The van der Waals surface area contributed by atoms with E-state index in [1.54, 1.807) is 12.0 Å². The average Bonchev–Trinajstić information content (AvgIpc) is 2.52. The minimum absolute atomic E-state index is 0.0886. The van der Waals surface area contributed by atoms with Crippen LogP contribution in [0.1, 0.15) is 18.5 Å². The lowest BCUT2D eigenvalue weighted by Gasteiger charge is -2.38. The Hall–Kier alpha value is -2.27. The van der Waals surface area contributed by atoms with Crippen LogP contribution in [0.5, 0.6) is 5.75 Å². The van der Waals surface area contributed by atoms with Crippen molar-refractivity contribution in [3.8, 4) is 5.75 Å². The van der Waals surface area contributed by atoms with Crippen LogP contribution in [0.2, 0.25) is 0 Å². The Kier molecular flexibility index (Phi) is 4.39. The number of hydrogen-bond acceptors (Lipinski definition) is 3. The van der Waals surface area contributed by atoms with Crippen LogP contribution in [0.4, 0.5) is 4.79 Å². The van der Waals surface area contributed by atoms with Crippen molar-refractivity contribution in [1.82, 2.24) is 10.2 Å². The van der Waals surface area contributed by atoms with Gasteiger partial charge in [0, 0.05) is 31.0 Å². The van der Waals surface area contributed by atoms with Gasteiger partial charge in [0.1, 0.15) is 5.75 Å². The van der Waals surface area contributed by atoms with Crippen molar-refractivity contribution in [3.63, 3.8) is 0 Å². The summed E-state index contributed by atoms with van der Waals surface area (Å²) in [5.74, 6) is 1.03. The van der Waals surface area contributed by atoms with E-state index in [1.807, 2.05) is 37.3 Å². The van der Waals surface area contributed by atoms with E-state index in [4.69, 9.17) is 9.84 Å². The molecule has 0 saturated carbocycles. The van der Waals surface area contributed by atoms with Gasteiger partial charge in [0.15, 0.2) is 0 Å². The van der Waals surface area contributed by atoms with Crippen LogP contribution in [0.25, 0.3) is 10.8 Å². The number of rotatable bonds is 4. The highest BCUT2D eigenvalue weighted by molar-refractivity contribution is 5.89. The molecule has 2 N–H and O–H groups in total. The van der Waals surface area contributed by atoms with Crippen LogP contribution >= 0.6 is 0 Å². The molecule has 1 atom stereocenters. The summed E-state index contributed by atoms with van der Waals surface area (Å²) >= 11 is 0. The Morgan fingerprint density at radius 2 is 2.13 bits per heavy atom. The second-order valence-corrected chi connectivity index (χ2v) is 6.07. The first-order valence-corrected chi connectivity index (χ1v) is 7.85. The van der Waals surface area contributed by atoms with E-state index in [9.17, 15) is 4.79 Å². The van der Waals surface area contributed by atoms with Crippen LogP contribution in [-0.2, 0) is 0 Å². The second-order valence-electron chi connectivity index (χ2n) is 6.07. The molecule has 0 aliphatic carbocycles. The molecule has 1 saturated heterocycles. The molecule has 0 spiro atoms. The summed E-state index contributed by atoms with van der Waals surface area (Å²) in [4.78, 5) is 13.9. The predicted molar refractivity (Wildman–Crippen MR) is 89.6 cm³/mol. The Labute approximate surface area is 135 Å². The van der Waals surface area contributed by atoms with Gasteiger partial charge in [-0.05, 0) is 30.0 Å². The fraction of sp³-hybridized carbons (Fsp3) is 0.389. The van der Waals surface area contributed by atoms with Crippen LogP contribution < -0.4 is 10.1 Å². The number of carbonyl (C=O) groups excluding carboxylic acids is 1. The summed E-state index contributed by atoms with van der Waals surface area (Å²) < 4.78 is 5.48. The van der Waals surface area contributed by atoms with Crippen molar-refractivity contribution in [1.29, 1.82) is 0 Å². The summed E-state index contributed by atoms with van der Waals surface area (Å²) in [6.45, 7) is 3.35. The zero-order valence-corrected chi connectivity index (χ0v) is 13.5. The summed E-state index contributed by atoms with van der Waals surface area (Å²) in [6, 6.07) is 11.9. The highest BCUT2D eigenvalue weighted by atomic mass is 16.5. The molecule has 0 radical (unpaired) electrons. The van der Waals surface area contributed by atoms with E-state index >= 15 is 0 Å². The van der Waals surface area contributed by atoms with Crippen LogP contribution in [-0.4, -0.2) is 42.8 Å². The topological polar surface area (TPSA) is 61.8 Å². The monoisotopic (exact) mass is 314 g/mol. The van der Waals surface area contributed by atoms with Crippen LogP contribution in [0, 0.1) is 5.92 Å². The number of methoxy groups -OCH3 is 1. The molecule has 3 rings (SSSR count). The van der Waals surface area contributed by atoms with Gasteiger partial charge in [0.05, 0.1) is 13.2 Å². The minimum Gasteiger partial charge on any atom is -0.496 e. The maximum absolute atomic E-state index is 12.2. The molecule has 2 aromatic carbocycles. The van der Waals surface area contributed by atoms with Gasteiger partial charge in [-0.1, -0.05) is 24.3 Å². The zero-order valence-electron chi connectivity index (χ0n) is 13.5. The number of amides is 2. The molecular formula is C18H22N2O3. The highest BCUT2D eigenvalue weighted by Crippen LogP contribution is 2.30. The van der Waals surface area contributed by atoms with Crippen molar-refractivity contribution in [2.45, 2.75) is 13.0 Å². The third kappa shape index (κ3) is 3.10. The van der Waals surface area contributed by atoms with Gasteiger partial charge in [0.2, 0.25) is 0 Å². The van der Waals surface area contributed by atoms with Crippen molar-refractivity contribution in [3.05, 3.63) is 42.0 Å². The number of urea groups is 1. The highest BCUT2D eigenvalue weighted by Gasteiger charge is 2.30. The van der Waals surface area contributed by atoms with E-state index < -0.39 is 0 Å². The smallest absolute Gasteiger partial charge is 0.317 e. The average molecular weight is 314 g/mol. The van der Waals surface area contributed by atoms with Crippen LogP contribution in [0.3, 0.4) is 0 Å². The van der Waals surface area contributed by atoms with Crippen molar-refractivity contribution >= 4 is 16.8 Å². The Morgan fingerprint density at radius 3 is 2.83 bits per heavy atom. The molecule has 1 aliphatic rings. The van der Waals surface area contributed by atoms with Gasteiger partial charge < -0.3 is 20.1 Å². The molecule has 122 valence electrons. The molecule has 0 aromatic heterocycles. The molecule has 5 nitrogen and oxygen atoms in total. The number of ether oxygens (including phenoxy) is 1. The maximum atomic E-state index is 12.2. The molecule has 2 amide bonds. The predicted octanol–water partition coefficient (Wildman–Crippen LogP) is 2.54. The summed E-state index contributed by atoms with van der Waals surface area (Å²) in [5, 5.41) is 14.2. The lowest BCUT2D eigenvalue weighted by Crippen LogP contribution is -2.55. The molecule has 1 unspecified atom stereocenters. The van der Waals surface area contributed by atoms with E-state index in [0.29, 0.717) is 13.1 Å². The number of aliphatic hydroxyl groups excluding tert-OH is 1. The fourth-order valence-corrected chi connectivity index (χ4v) is 2.93. The number of fused-ring (bicyclic) bond motifs is 1. The number of hydrogen-bond donors (Lipinski definition) is 2. The molecule has 1 fully saturated rings. The first-order valence-electron chi connectivity index (χ1n) is 7.85. The standard InChI is InChI=1S/C18H22N2O3/c1-12(19-18(22)20-9-13(10-20)11-21)15-7-14-5-3-4-6-16(14)17(8-15)23-2/h3-8,12-13,21H,9-11H2,1-2H3,(H,19,22). The first-order chi connectivity index (χ1) is 11.1. The maximum Gasteiger partial charge on any atom is 0.317 e. The largest absolute Gasteiger partial charge is 0.496 e. The van der Waals surface area contributed by atoms with Crippen molar-refractivity contribution in [2.24, 2.45) is 5.92 Å². The number of nitrogens with zero attached hydrogens (tertiary/aromatic N) is 1. The van der Waals surface area contributed by atoms with Gasteiger partial charge in [-0.2, -0.15) is 0 Å². The molecule has 5 heteroatoms. The number of nitrogens with one attached hydrogen (secondary N) is 1. The van der Waals surface area contributed by atoms with Crippen molar-refractivity contribution in [2.75, 3.05) is 26.8 Å². The molecular weight excluding hydrogens is 292 g/mol. The van der Waals surface area contributed by atoms with Gasteiger partial charge in [-0.3, -0.25) is 0 Å². The number of benzene rings is 2. The molecule has 0 bridgehead atoms. The van der Waals surface area contributed by atoms with Gasteiger partial charge in [-0.25, -0.2) is 4.79 Å². The third-order valence-electron chi connectivity index (χ3n) is 4.41. The summed E-state index contributed by atoms with van der Waals surface area (Å²) in [6.07, 6.45) is 0. The fourth-order valence-electron chi connectivity index (χ4n) is 2.93. The second kappa shape index (κ2) is 6.46. The lowest BCUT2D eigenvalue weighted by atomic mass is 10.0. The number of likely N-dealkylation sites (tertiary alicyclic amines) is 1. The molecule has 1 heterocycles. The van der Waals surface area contributed by atoms with Gasteiger partial charge in [0.25, 0.3) is 0 Å². The zero-order chi connectivity index (χ0) is 16.4. The minimum atomic E-state index is -0.116. The Balaban J connectivity index is 1.75. The third-order valence-corrected chi connectivity index (χ3v) is 4.41. The molecule has 23 heavy (non-hydrogen) atoms. The Morgan fingerprint density at radius 1 is 1.39 bits per heavy atom. The normalized spacial score (nSPS) is 16.0. The molecule has 2 aromatic rings. The van der Waals surface area contributed by atoms with Gasteiger partial charge >= 0.3 is 6.03 Å². The van der Waals surface area contributed by atoms with Crippen LogP contribution in [0.15, 0.2) is 36.4 Å². The van der Waals surface area contributed by atoms with E-state index in [1.165, 1.54) is 0 Å². The number of carbonyl (C=O) groups is 1. The summed E-state index contributed by atoms with van der Waals surface area (Å²) in [7, 11) is 1.66. The number of aliphatic hydroxyl groups is 1. The van der Waals surface area contributed by atoms with Crippen molar-refractivity contribution < 1.29 is 14.6 Å². The van der Waals surface area contributed by atoms with E-state index in [2.05, 4.69) is 11.4 Å². The summed E-state index contributed by atoms with van der Waals surface area (Å²) in [5.41, 5.74) is 1.01. The SMILES string of the molecule is COc1cc(C(C)NC(=O)N2CC(CO)C2)cc2ccccc12. The van der Waals surface area contributed by atoms with Gasteiger partial charge in [-0.15, -0.1) is 0 Å². The van der Waals surface area contributed by atoms with E-state index in [0.717, 1.165) is 22.1 Å². The van der Waals surface area contributed by atoms with E-state index in [-0.39, 0.29) is 24.6 Å².